The maximum Gasteiger partial charge on any atom is 0.128 e. The first-order chi connectivity index (χ1) is 5.70. The number of aryl methyl sites for hydroxylation is 1. The van der Waals surface area contributed by atoms with Gasteiger partial charge in [-0.25, -0.2) is 4.98 Å². The summed E-state index contributed by atoms with van der Waals surface area (Å²) in [5, 5.41) is 3.18. The van der Waals surface area contributed by atoms with Crippen molar-refractivity contribution in [2.24, 2.45) is 5.73 Å². The second-order valence-corrected chi connectivity index (χ2v) is 3.03. The first-order valence-electron chi connectivity index (χ1n) is 4.11. The third-order valence-electron chi connectivity index (χ3n) is 1.60. The molecule has 0 saturated heterocycles. The number of rotatable bonds is 3. The largest absolute Gasteiger partial charge is 0.368 e. The van der Waals surface area contributed by atoms with Crippen molar-refractivity contribution in [3.63, 3.8) is 0 Å². The van der Waals surface area contributed by atoms with Crippen molar-refractivity contribution >= 4 is 5.82 Å². The van der Waals surface area contributed by atoms with Crippen LogP contribution in [0.15, 0.2) is 18.3 Å². The smallest absolute Gasteiger partial charge is 0.128 e. The van der Waals surface area contributed by atoms with Gasteiger partial charge in [-0.15, -0.1) is 0 Å². The third kappa shape index (κ3) is 2.51. The second-order valence-electron chi connectivity index (χ2n) is 3.03. The van der Waals surface area contributed by atoms with Crippen LogP contribution >= 0.6 is 0 Å². The van der Waals surface area contributed by atoms with E-state index in [1.165, 1.54) is 0 Å². The number of hydrogen-bond acceptors (Lipinski definition) is 3. The van der Waals surface area contributed by atoms with Crippen LogP contribution < -0.4 is 11.1 Å². The highest BCUT2D eigenvalue weighted by Crippen LogP contribution is 2.08. The molecule has 1 unspecified atom stereocenters. The number of pyridine rings is 1. The van der Waals surface area contributed by atoms with Crippen LogP contribution in [0.3, 0.4) is 0 Å². The van der Waals surface area contributed by atoms with Gasteiger partial charge in [0.15, 0.2) is 0 Å². The van der Waals surface area contributed by atoms with E-state index in [1.807, 2.05) is 26.0 Å². The molecule has 1 aromatic heterocycles. The van der Waals surface area contributed by atoms with Crippen LogP contribution in [-0.4, -0.2) is 17.6 Å². The average Bonchev–Trinajstić information content (AvgIpc) is 2.03. The van der Waals surface area contributed by atoms with Crippen molar-refractivity contribution in [2.75, 3.05) is 11.9 Å². The van der Waals surface area contributed by atoms with Gasteiger partial charge in [-0.1, -0.05) is 6.07 Å². The molecule has 66 valence electrons. The summed E-state index contributed by atoms with van der Waals surface area (Å²) in [6.45, 7) is 4.75. The highest BCUT2D eigenvalue weighted by molar-refractivity contribution is 5.42. The summed E-state index contributed by atoms with van der Waals surface area (Å²) in [6.07, 6.45) is 1.77. The SMILES string of the molecule is Cc1cccnc1NCC(C)N. The standard InChI is InChI=1S/C9H15N3/c1-7-4-3-5-11-9(7)12-6-8(2)10/h3-5,8H,6,10H2,1-2H3,(H,11,12). The molecule has 0 radical (unpaired) electrons. The zero-order valence-corrected chi connectivity index (χ0v) is 7.54. The molecule has 0 amide bonds. The Morgan fingerprint density at radius 1 is 1.67 bits per heavy atom. The minimum Gasteiger partial charge on any atom is -0.368 e. The summed E-state index contributed by atoms with van der Waals surface area (Å²) in [5.41, 5.74) is 6.75. The Kier molecular flexibility index (Phi) is 3.05. The Morgan fingerprint density at radius 2 is 2.42 bits per heavy atom. The van der Waals surface area contributed by atoms with Gasteiger partial charge in [0.05, 0.1) is 0 Å². The fourth-order valence-corrected chi connectivity index (χ4v) is 0.928. The lowest BCUT2D eigenvalue weighted by Crippen LogP contribution is -2.25. The van der Waals surface area contributed by atoms with Gasteiger partial charge >= 0.3 is 0 Å². The van der Waals surface area contributed by atoms with Crippen LogP contribution in [0.25, 0.3) is 0 Å². The first kappa shape index (κ1) is 9.00. The third-order valence-corrected chi connectivity index (χ3v) is 1.60. The Labute approximate surface area is 73.0 Å². The quantitative estimate of drug-likeness (QED) is 0.706. The van der Waals surface area contributed by atoms with Crippen LogP contribution in [0.2, 0.25) is 0 Å². The molecule has 0 aliphatic heterocycles. The molecule has 3 N–H and O–H groups in total. The Hall–Kier alpha value is -1.09. The number of nitrogens with zero attached hydrogens (tertiary/aromatic N) is 1. The van der Waals surface area contributed by atoms with E-state index in [2.05, 4.69) is 10.3 Å². The van der Waals surface area contributed by atoms with E-state index in [-0.39, 0.29) is 6.04 Å². The first-order valence-corrected chi connectivity index (χ1v) is 4.11. The number of hydrogen-bond donors (Lipinski definition) is 2. The van der Waals surface area contributed by atoms with Gasteiger partial charge in [0, 0.05) is 18.8 Å². The summed E-state index contributed by atoms with van der Waals surface area (Å²) >= 11 is 0. The molecular formula is C9H15N3. The average molecular weight is 165 g/mol. The lowest BCUT2D eigenvalue weighted by Gasteiger charge is -2.09. The fraction of sp³-hybridized carbons (Fsp3) is 0.444. The molecule has 1 aromatic rings. The molecule has 0 aromatic carbocycles. The zero-order chi connectivity index (χ0) is 8.97. The molecule has 0 fully saturated rings. The molecule has 3 heteroatoms. The second kappa shape index (κ2) is 4.07. The minimum atomic E-state index is 0.159. The van der Waals surface area contributed by atoms with E-state index in [1.54, 1.807) is 6.20 Å². The topological polar surface area (TPSA) is 50.9 Å². The fourth-order valence-electron chi connectivity index (χ4n) is 0.928. The van der Waals surface area contributed by atoms with Crippen molar-refractivity contribution in [1.82, 2.24) is 4.98 Å². The molecule has 0 aliphatic rings. The van der Waals surface area contributed by atoms with Crippen molar-refractivity contribution in [1.29, 1.82) is 0 Å². The molecule has 0 bridgehead atoms. The summed E-state index contributed by atoms with van der Waals surface area (Å²) in [6, 6.07) is 4.11. The number of nitrogens with one attached hydrogen (secondary N) is 1. The predicted octanol–water partition coefficient (Wildman–Crippen LogP) is 1.15. The van der Waals surface area contributed by atoms with E-state index in [0.717, 1.165) is 17.9 Å². The van der Waals surface area contributed by atoms with Crippen LogP contribution in [0.4, 0.5) is 5.82 Å². The lowest BCUT2D eigenvalue weighted by atomic mass is 10.3. The normalized spacial score (nSPS) is 12.6. The van der Waals surface area contributed by atoms with Crippen molar-refractivity contribution in [3.8, 4) is 0 Å². The maximum absolute atomic E-state index is 5.60. The van der Waals surface area contributed by atoms with Crippen LogP contribution in [-0.2, 0) is 0 Å². The molecule has 12 heavy (non-hydrogen) atoms. The van der Waals surface area contributed by atoms with Gasteiger partial charge in [0.2, 0.25) is 0 Å². The molecule has 1 heterocycles. The van der Waals surface area contributed by atoms with E-state index in [4.69, 9.17) is 5.73 Å². The minimum absolute atomic E-state index is 0.159. The van der Waals surface area contributed by atoms with E-state index in [0.29, 0.717) is 0 Å². The molecule has 0 saturated carbocycles. The monoisotopic (exact) mass is 165 g/mol. The molecule has 3 nitrogen and oxygen atoms in total. The molecule has 0 spiro atoms. The summed E-state index contributed by atoms with van der Waals surface area (Å²) < 4.78 is 0. The Morgan fingerprint density at radius 3 is 3.00 bits per heavy atom. The summed E-state index contributed by atoms with van der Waals surface area (Å²) in [4.78, 5) is 4.18. The van der Waals surface area contributed by atoms with Crippen LogP contribution in [0.1, 0.15) is 12.5 Å². The van der Waals surface area contributed by atoms with Gasteiger partial charge < -0.3 is 11.1 Å². The number of nitrogens with two attached hydrogens (primary N) is 1. The van der Waals surface area contributed by atoms with Gasteiger partial charge in [-0.05, 0) is 25.5 Å². The van der Waals surface area contributed by atoms with E-state index in [9.17, 15) is 0 Å². The molecule has 1 rings (SSSR count). The highest BCUT2D eigenvalue weighted by Gasteiger charge is 1.98. The van der Waals surface area contributed by atoms with Crippen LogP contribution in [0.5, 0.6) is 0 Å². The zero-order valence-electron chi connectivity index (χ0n) is 7.54. The number of aromatic nitrogens is 1. The van der Waals surface area contributed by atoms with Gasteiger partial charge in [0.1, 0.15) is 5.82 Å². The number of anilines is 1. The molecule has 1 atom stereocenters. The molecule has 0 aliphatic carbocycles. The van der Waals surface area contributed by atoms with Crippen molar-refractivity contribution < 1.29 is 0 Å². The maximum atomic E-state index is 5.60. The van der Waals surface area contributed by atoms with Crippen LogP contribution in [0, 0.1) is 6.92 Å². The molecular weight excluding hydrogens is 150 g/mol. The van der Waals surface area contributed by atoms with Crippen molar-refractivity contribution in [2.45, 2.75) is 19.9 Å². The van der Waals surface area contributed by atoms with E-state index < -0.39 is 0 Å². The Bertz CT molecular complexity index is 245. The highest BCUT2D eigenvalue weighted by atomic mass is 15.0. The summed E-state index contributed by atoms with van der Waals surface area (Å²) in [7, 11) is 0. The lowest BCUT2D eigenvalue weighted by molar-refractivity contribution is 0.776. The Balaban J connectivity index is 2.57. The van der Waals surface area contributed by atoms with Gasteiger partial charge in [0.25, 0.3) is 0 Å². The predicted molar refractivity (Wildman–Crippen MR) is 51.1 cm³/mol. The van der Waals surface area contributed by atoms with Gasteiger partial charge in [-0.3, -0.25) is 0 Å². The van der Waals surface area contributed by atoms with Crippen molar-refractivity contribution in [3.05, 3.63) is 23.9 Å². The van der Waals surface area contributed by atoms with E-state index >= 15 is 0 Å². The summed E-state index contributed by atoms with van der Waals surface area (Å²) in [5.74, 6) is 0.926. The van der Waals surface area contributed by atoms with Gasteiger partial charge in [-0.2, -0.15) is 0 Å².